The molecule has 2 aromatic carbocycles. The van der Waals surface area contributed by atoms with Crippen LogP contribution in [0.4, 0.5) is 10.1 Å². The van der Waals surface area contributed by atoms with E-state index in [1.54, 1.807) is 0 Å². The van der Waals surface area contributed by atoms with Gasteiger partial charge in [-0.2, -0.15) is 0 Å². The zero-order valence-electron chi connectivity index (χ0n) is 13.7. The Kier molecular flexibility index (Phi) is 5.68. The number of nitrogens with one attached hydrogen (secondary N) is 1. The lowest BCUT2D eigenvalue weighted by Crippen LogP contribution is -2.13. The van der Waals surface area contributed by atoms with Crippen molar-refractivity contribution in [2.75, 3.05) is 5.32 Å². The molecule has 2 N–H and O–H groups in total. The fraction of sp³-hybridized carbons (Fsp3) is 0.263. The SMILES string of the molecule is Cc1ccc(CCC(=O)Nc2ccc(CC(=O)O)c(F)c2)c(C)c1. The van der Waals surface area contributed by atoms with Gasteiger partial charge < -0.3 is 10.4 Å². The minimum absolute atomic E-state index is 0.0933. The van der Waals surface area contributed by atoms with Crippen LogP contribution in [-0.2, 0) is 22.4 Å². The van der Waals surface area contributed by atoms with Crippen LogP contribution in [0.2, 0.25) is 0 Å². The Bertz CT molecular complexity index is 771. The molecule has 1 amide bonds. The molecule has 0 heterocycles. The van der Waals surface area contributed by atoms with Crippen molar-refractivity contribution in [3.8, 4) is 0 Å². The number of anilines is 1. The zero-order chi connectivity index (χ0) is 17.7. The molecule has 0 aliphatic carbocycles. The predicted molar refractivity (Wildman–Crippen MR) is 90.6 cm³/mol. The van der Waals surface area contributed by atoms with E-state index in [9.17, 15) is 14.0 Å². The van der Waals surface area contributed by atoms with Gasteiger partial charge in [0.2, 0.25) is 5.91 Å². The molecule has 4 nitrogen and oxygen atoms in total. The summed E-state index contributed by atoms with van der Waals surface area (Å²) in [5, 5.41) is 11.3. The number of carboxylic acids is 1. The number of carboxylic acid groups (broad SMARTS) is 1. The standard InChI is InChI=1S/C19H20FNO3/c1-12-3-4-14(13(2)9-12)6-8-18(22)21-16-7-5-15(10-19(23)24)17(20)11-16/h3-5,7,9,11H,6,8,10H2,1-2H3,(H,21,22)(H,23,24). The first-order valence-electron chi connectivity index (χ1n) is 7.71. The summed E-state index contributed by atoms with van der Waals surface area (Å²) in [7, 11) is 0. The molecule has 0 spiro atoms. The van der Waals surface area contributed by atoms with Crippen molar-refractivity contribution in [1.29, 1.82) is 0 Å². The topological polar surface area (TPSA) is 66.4 Å². The molecular weight excluding hydrogens is 309 g/mol. The Hall–Kier alpha value is -2.69. The van der Waals surface area contributed by atoms with Crippen LogP contribution >= 0.6 is 0 Å². The van der Waals surface area contributed by atoms with Gasteiger partial charge in [0.1, 0.15) is 5.82 Å². The Labute approximate surface area is 140 Å². The lowest BCUT2D eigenvalue weighted by molar-refractivity contribution is -0.136. The van der Waals surface area contributed by atoms with Gasteiger partial charge in [0, 0.05) is 12.1 Å². The van der Waals surface area contributed by atoms with Crippen molar-refractivity contribution >= 4 is 17.6 Å². The van der Waals surface area contributed by atoms with Crippen molar-refractivity contribution in [1.82, 2.24) is 0 Å². The van der Waals surface area contributed by atoms with E-state index in [2.05, 4.69) is 11.4 Å². The molecule has 0 aliphatic rings. The first kappa shape index (κ1) is 17.7. The minimum Gasteiger partial charge on any atom is -0.481 e. The molecule has 126 valence electrons. The smallest absolute Gasteiger partial charge is 0.307 e. The monoisotopic (exact) mass is 329 g/mol. The maximum atomic E-state index is 13.8. The van der Waals surface area contributed by atoms with E-state index < -0.39 is 11.8 Å². The summed E-state index contributed by atoms with van der Waals surface area (Å²) in [5.41, 5.74) is 3.85. The van der Waals surface area contributed by atoms with Crippen LogP contribution in [0.5, 0.6) is 0 Å². The number of benzene rings is 2. The average molecular weight is 329 g/mol. The highest BCUT2D eigenvalue weighted by atomic mass is 19.1. The summed E-state index contributed by atoms with van der Waals surface area (Å²) in [6, 6.07) is 10.1. The number of halogens is 1. The molecule has 24 heavy (non-hydrogen) atoms. The van der Waals surface area contributed by atoms with E-state index in [4.69, 9.17) is 5.11 Å². The highest BCUT2D eigenvalue weighted by Crippen LogP contribution is 2.17. The summed E-state index contributed by atoms with van der Waals surface area (Å²) in [6.45, 7) is 4.03. The number of hydrogen-bond donors (Lipinski definition) is 2. The maximum absolute atomic E-state index is 13.8. The van der Waals surface area contributed by atoms with Crippen molar-refractivity contribution in [2.24, 2.45) is 0 Å². The third-order valence-electron chi connectivity index (χ3n) is 3.80. The molecule has 0 aliphatic heterocycles. The van der Waals surface area contributed by atoms with Gasteiger partial charge in [0.25, 0.3) is 0 Å². The van der Waals surface area contributed by atoms with E-state index >= 15 is 0 Å². The Morgan fingerprint density at radius 3 is 2.42 bits per heavy atom. The Balaban J connectivity index is 1.94. The van der Waals surface area contributed by atoms with Crippen LogP contribution < -0.4 is 5.32 Å². The van der Waals surface area contributed by atoms with Crippen LogP contribution in [-0.4, -0.2) is 17.0 Å². The summed E-state index contributed by atoms with van der Waals surface area (Å²) in [4.78, 5) is 22.6. The van der Waals surface area contributed by atoms with Gasteiger partial charge in [-0.15, -0.1) is 0 Å². The lowest BCUT2D eigenvalue weighted by Gasteiger charge is -2.09. The molecule has 0 aromatic heterocycles. The number of amides is 1. The quantitative estimate of drug-likeness (QED) is 0.850. The van der Waals surface area contributed by atoms with Crippen LogP contribution in [0.15, 0.2) is 36.4 Å². The third kappa shape index (κ3) is 4.91. The number of aliphatic carboxylic acids is 1. The maximum Gasteiger partial charge on any atom is 0.307 e. The largest absolute Gasteiger partial charge is 0.481 e. The molecule has 0 atom stereocenters. The van der Waals surface area contributed by atoms with Gasteiger partial charge in [-0.1, -0.05) is 29.8 Å². The van der Waals surface area contributed by atoms with E-state index in [0.717, 1.165) is 17.2 Å². The Morgan fingerprint density at radius 2 is 1.79 bits per heavy atom. The average Bonchev–Trinajstić information content (AvgIpc) is 2.49. The molecular formula is C19H20FNO3. The molecule has 5 heteroatoms. The number of aryl methyl sites for hydroxylation is 3. The van der Waals surface area contributed by atoms with Gasteiger partial charge in [0.15, 0.2) is 0 Å². The molecule has 0 unspecified atom stereocenters. The molecule has 0 radical (unpaired) electrons. The zero-order valence-corrected chi connectivity index (χ0v) is 13.7. The highest BCUT2D eigenvalue weighted by Gasteiger charge is 2.10. The van der Waals surface area contributed by atoms with E-state index in [1.807, 2.05) is 26.0 Å². The normalized spacial score (nSPS) is 10.5. The highest BCUT2D eigenvalue weighted by molar-refractivity contribution is 5.90. The Morgan fingerprint density at radius 1 is 1.08 bits per heavy atom. The number of carbonyl (C=O) groups excluding carboxylic acids is 1. The second-order valence-electron chi connectivity index (χ2n) is 5.85. The fourth-order valence-corrected chi connectivity index (χ4v) is 2.53. The molecule has 0 bridgehead atoms. The molecule has 0 fully saturated rings. The van der Waals surface area contributed by atoms with Crippen LogP contribution in [0.25, 0.3) is 0 Å². The fourth-order valence-electron chi connectivity index (χ4n) is 2.53. The molecule has 0 saturated carbocycles. The number of carbonyl (C=O) groups is 2. The van der Waals surface area contributed by atoms with Crippen molar-refractivity contribution < 1.29 is 19.1 Å². The molecule has 2 aromatic rings. The second kappa shape index (κ2) is 7.73. The van der Waals surface area contributed by atoms with E-state index in [1.165, 1.54) is 17.7 Å². The molecule has 2 rings (SSSR count). The van der Waals surface area contributed by atoms with Crippen LogP contribution in [0, 0.1) is 19.7 Å². The van der Waals surface area contributed by atoms with Crippen LogP contribution in [0.3, 0.4) is 0 Å². The van der Waals surface area contributed by atoms with Gasteiger partial charge in [0.05, 0.1) is 6.42 Å². The number of rotatable bonds is 6. The van der Waals surface area contributed by atoms with Crippen LogP contribution in [0.1, 0.15) is 28.7 Å². The van der Waals surface area contributed by atoms with Gasteiger partial charge in [-0.25, -0.2) is 4.39 Å². The first-order chi connectivity index (χ1) is 11.3. The van der Waals surface area contributed by atoms with E-state index in [-0.39, 0.29) is 17.9 Å². The second-order valence-corrected chi connectivity index (χ2v) is 5.85. The van der Waals surface area contributed by atoms with Gasteiger partial charge in [-0.3, -0.25) is 9.59 Å². The summed E-state index contributed by atoms with van der Waals surface area (Å²) in [6.07, 6.45) is 0.521. The minimum atomic E-state index is -1.10. The number of hydrogen-bond acceptors (Lipinski definition) is 2. The summed E-state index contributed by atoms with van der Waals surface area (Å²) in [5.74, 6) is -1.94. The predicted octanol–water partition coefficient (Wildman–Crippen LogP) is 3.64. The van der Waals surface area contributed by atoms with Gasteiger partial charge >= 0.3 is 5.97 Å². The summed E-state index contributed by atoms with van der Waals surface area (Å²) < 4.78 is 13.8. The van der Waals surface area contributed by atoms with Crippen molar-refractivity contribution in [3.63, 3.8) is 0 Å². The van der Waals surface area contributed by atoms with E-state index in [0.29, 0.717) is 18.5 Å². The summed E-state index contributed by atoms with van der Waals surface area (Å²) >= 11 is 0. The van der Waals surface area contributed by atoms with Crippen molar-refractivity contribution in [3.05, 3.63) is 64.5 Å². The van der Waals surface area contributed by atoms with Crippen molar-refractivity contribution in [2.45, 2.75) is 33.1 Å². The lowest BCUT2D eigenvalue weighted by atomic mass is 10.0. The first-order valence-corrected chi connectivity index (χ1v) is 7.71. The third-order valence-corrected chi connectivity index (χ3v) is 3.80. The van der Waals surface area contributed by atoms with Gasteiger partial charge in [-0.05, 0) is 49.1 Å². The molecule has 0 saturated heterocycles.